The number of para-hydroxylation sites is 1. The van der Waals surface area contributed by atoms with Crippen molar-refractivity contribution in [1.82, 2.24) is 10.1 Å². The molecular formula is C18H19N3O3. The van der Waals surface area contributed by atoms with Crippen LogP contribution < -0.4 is 14.8 Å². The lowest BCUT2D eigenvalue weighted by Gasteiger charge is -2.09. The SMILES string of the molecule is CCOc1ccccc1CNc1nc(-c2cccc(OC)c2)no1. The molecule has 2 aromatic carbocycles. The highest BCUT2D eigenvalue weighted by molar-refractivity contribution is 5.58. The fourth-order valence-electron chi connectivity index (χ4n) is 2.29. The molecule has 0 bridgehead atoms. The van der Waals surface area contributed by atoms with Crippen molar-refractivity contribution in [2.24, 2.45) is 0 Å². The van der Waals surface area contributed by atoms with Gasteiger partial charge in [-0.2, -0.15) is 4.98 Å². The molecule has 0 aliphatic heterocycles. The minimum Gasteiger partial charge on any atom is -0.497 e. The fraction of sp³-hybridized carbons (Fsp3) is 0.222. The Hall–Kier alpha value is -3.02. The zero-order valence-electron chi connectivity index (χ0n) is 13.7. The first-order chi connectivity index (χ1) is 11.8. The number of benzene rings is 2. The lowest BCUT2D eigenvalue weighted by atomic mass is 10.2. The van der Waals surface area contributed by atoms with E-state index in [0.29, 0.717) is 25.0 Å². The maximum atomic E-state index is 5.60. The summed E-state index contributed by atoms with van der Waals surface area (Å²) in [5.74, 6) is 2.10. The van der Waals surface area contributed by atoms with Gasteiger partial charge in [0.05, 0.1) is 13.7 Å². The highest BCUT2D eigenvalue weighted by Crippen LogP contribution is 2.23. The molecule has 0 spiro atoms. The number of hydrogen-bond donors (Lipinski definition) is 1. The van der Waals surface area contributed by atoms with Gasteiger partial charge in [0.2, 0.25) is 5.82 Å². The summed E-state index contributed by atoms with van der Waals surface area (Å²) in [6.45, 7) is 3.12. The first kappa shape index (κ1) is 15.9. The van der Waals surface area contributed by atoms with Crippen molar-refractivity contribution >= 4 is 6.01 Å². The van der Waals surface area contributed by atoms with Gasteiger partial charge >= 0.3 is 6.01 Å². The van der Waals surface area contributed by atoms with E-state index < -0.39 is 0 Å². The van der Waals surface area contributed by atoms with Gasteiger partial charge in [0.1, 0.15) is 11.5 Å². The van der Waals surface area contributed by atoms with Crippen LogP contribution in [-0.4, -0.2) is 23.9 Å². The Balaban J connectivity index is 1.70. The molecule has 0 radical (unpaired) electrons. The predicted octanol–water partition coefficient (Wildman–Crippen LogP) is 3.76. The molecule has 0 amide bonds. The summed E-state index contributed by atoms with van der Waals surface area (Å²) in [5, 5.41) is 7.12. The van der Waals surface area contributed by atoms with Crippen LogP contribution in [0.3, 0.4) is 0 Å². The monoisotopic (exact) mass is 325 g/mol. The first-order valence-corrected chi connectivity index (χ1v) is 7.73. The third-order valence-corrected chi connectivity index (χ3v) is 3.46. The molecule has 0 saturated carbocycles. The van der Waals surface area contributed by atoms with Crippen LogP contribution in [0.15, 0.2) is 53.1 Å². The number of hydrogen-bond acceptors (Lipinski definition) is 6. The predicted molar refractivity (Wildman–Crippen MR) is 91.2 cm³/mol. The summed E-state index contributed by atoms with van der Waals surface area (Å²) in [7, 11) is 1.62. The average Bonchev–Trinajstić information content (AvgIpc) is 3.10. The second kappa shape index (κ2) is 7.50. The molecule has 6 nitrogen and oxygen atoms in total. The Morgan fingerprint density at radius 2 is 2.00 bits per heavy atom. The van der Waals surface area contributed by atoms with E-state index in [1.54, 1.807) is 7.11 Å². The van der Waals surface area contributed by atoms with E-state index in [1.807, 2.05) is 55.5 Å². The molecular weight excluding hydrogens is 306 g/mol. The van der Waals surface area contributed by atoms with Gasteiger partial charge in [0.15, 0.2) is 0 Å². The second-order valence-electron chi connectivity index (χ2n) is 5.05. The molecule has 0 aliphatic carbocycles. The number of aromatic nitrogens is 2. The molecule has 0 fully saturated rings. The van der Waals surface area contributed by atoms with Crippen molar-refractivity contribution in [1.29, 1.82) is 0 Å². The maximum absolute atomic E-state index is 5.60. The van der Waals surface area contributed by atoms with E-state index in [1.165, 1.54) is 0 Å². The van der Waals surface area contributed by atoms with E-state index in [9.17, 15) is 0 Å². The number of nitrogens with one attached hydrogen (secondary N) is 1. The van der Waals surface area contributed by atoms with Crippen molar-refractivity contribution in [3.05, 3.63) is 54.1 Å². The molecule has 0 aliphatic rings. The van der Waals surface area contributed by atoms with Crippen LogP contribution in [0.2, 0.25) is 0 Å². The van der Waals surface area contributed by atoms with Gasteiger partial charge in [-0.25, -0.2) is 0 Å². The van der Waals surface area contributed by atoms with Crippen LogP contribution in [-0.2, 0) is 6.54 Å². The van der Waals surface area contributed by atoms with Crippen molar-refractivity contribution in [3.63, 3.8) is 0 Å². The summed E-state index contributed by atoms with van der Waals surface area (Å²) in [6, 6.07) is 15.7. The van der Waals surface area contributed by atoms with Crippen LogP contribution in [0, 0.1) is 0 Å². The van der Waals surface area contributed by atoms with Crippen LogP contribution >= 0.6 is 0 Å². The molecule has 3 rings (SSSR count). The zero-order chi connectivity index (χ0) is 16.8. The topological polar surface area (TPSA) is 69.4 Å². The smallest absolute Gasteiger partial charge is 0.322 e. The minimum atomic E-state index is 0.360. The molecule has 0 atom stereocenters. The number of nitrogens with zero attached hydrogens (tertiary/aromatic N) is 2. The van der Waals surface area contributed by atoms with E-state index >= 15 is 0 Å². The lowest BCUT2D eigenvalue weighted by Crippen LogP contribution is -2.03. The van der Waals surface area contributed by atoms with Gasteiger partial charge in [-0.15, -0.1) is 0 Å². The van der Waals surface area contributed by atoms with Crippen molar-refractivity contribution in [3.8, 4) is 22.9 Å². The molecule has 1 aromatic heterocycles. The summed E-state index contributed by atoms with van der Waals surface area (Å²) < 4.78 is 16.1. The van der Waals surface area contributed by atoms with Gasteiger partial charge in [0.25, 0.3) is 0 Å². The molecule has 0 saturated heterocycles. The Bertz CT molecular complexity index is 801. The second-order valence-corrected chi connectivity index (χ2v) is 5.05. The van der Waals surface area contributed by atoms with Crippen LogP contribution in [0.1, 0.15) is 12.5 Å². The molecule has 124 valence electrons. The molecule has 1 heterocycles. The van der Waals surface area contributed by atoms with Crippen molar-refractivity contribution < 1.29 is 14.0 Å². The summed E-state index contributed by atoms with van der Waals surface area (Å²) in [4.78, 5) is 4.36. The number of anilines is 1. The molecule has 1 N–H and O–H groups in total. The van der Waals surface area contributed by atoms with Crippen molar-refractivity contribution in [2.75, 3.05) is 19.0 Å². The van der Waals surface area contributed by atoms with Gasteiger partial charge in [0, 0.05) is 17.7 Å². The Kier molecular flexibility index (Phi) is 4.96. The van der Waals surface area contributed by atoms with E-state index in [-0.39, 0.29) is 0 Å². The summed E-state index contributed by atoms with van der Waals surface area (Å²) in [5.41, 5.74) is 1.86. The maximum Gasteiger partial charge on any atom is 0.322 e. The number of methoxy groups -OCH3 is 1. The van der Waals surface area contributed by atoms with Gasteiger partial charge < -0.3 is 19.3 Å². The standard InChI is InChI=1S/C18H19N3O3/c1-3-23-16-10-5-4-7-14(16)12-19-18-20-17(21-24-18)13-8-6-9-15(11-13)22-2/h4-11H,3,12H2,1-2H3,(H,19,20,21). The summed E-state index contributed by atoms with van der Waals surface area (Å²) in [6.07, 6.45) is 0. The fourth-order valence-corrected chi connectivity index (χ4v) is 2.29. The minimum absolute atomic E-state index is 0.360. The number of rotatable bonds is 7. The Morgan fingerprint density at radius 3 is 2.83 bits per heavy atom. The third kappa shape index (κ3) is 3.65. The van der Waals surface area contributed by atoms with Gasteiger partial charge in [-0.05, 0) is 25.1 Å². The summed E-state index contributed by atoms with van der Waals surface area (Å²) >= 11 is 0. The quantitative estimate of drug-likeness (QED) is 0.713. The van der Waals surface area contributed by atoms with Gasteiger partial charge in [-0.1, -0.05) is 35.5 Å². The highest BCUT2D eigenvalue weighted by Gasteiger charge is 2.10. The molecule has 0 unspecified atom stereocenters. The largest absolute Gasteiger partial charge is 0.497 e. The number of ether oxygens (including phenoxy) is 2. The lowest BCUT2D eigenvalue weighted by molar-refractivity contribution is 0.337. The van der Waals surface area contributed by atoms with E-state index in [0.717, 1.165) is 22.6 Å². The molecule has 6 heteroatoms. The molecule has 24 heavy (non-hydrogen) atoms. The third-order valence-electron chi connectivity index (χ3n) is 3.46. The Morgan fingerprint density at radius 1 is 1.12 bits per heavy atom. The van der Waals surface area contributed by atoms with Crippen LogP contribution in [0.4, 0.5) is 6.01 Å². The van der Waals surface area contributed by atoms with Crippen LogP contribution in [0.25, 0.3) is 11.4 Å². The first-order valence-electron chi connectivity index (χ1n) is 7.73. The van der Waals surface area contributed by atoms with E-state index in [4.69, 9.17) is 14.0 Å². The van der Waals surface area contributed by atoms with Crippen molar-refractivity contribution in [2.45, 2.75) is 13.5 Å². The molecule has 3 aromatic rings. The highest BCUT2D eigenvalue weighted by atomic mass is 16.5. The van der Waals surface area contributed by atoms with E-state index in [2.05, 4.69) is 15.5 Å². The normalized spacial score (nSPS) is 10.4. The van der Waals surface area contributed by atoms with Crippen LogP contribution in [0.5, 0.6) is 11.5 Å². The average molecular weight is 325 g/mol. The Labute approximate surface area is 140 Å². The van der Waals surface area contributed by atoms with Gasteiger partial charge in [-0.3, -0.25) is 0 Å². The zero-order valence-corrected chi connectivity index (χ0v) is 13.7.